The maximum atomic E-state index is 3.44. The van der Waals surface area contributed by atoms with Crippen LogP contribution in [0.3, 0.4) is 0 Å². The zero-order chi connectivity index (χ0) is 11.0. The molecule has 0 radical (unpaired) electrons. The van der Waals surface area contributed by atoms with Gasteiger partial charge >= 0.3 is 21.7 Å². The van der Waals surface area contributed by atoms with Gasteiger partial charge in [-0.25, -0.2) is 11.4 Å². The molecule has 0 aliphatic heterocycles. The van der Waals surface area contributed by atoms with Crippen LogP contribution in [0.25, 0.3) is 10.8 Å². The molecule has 1 aliphatic rings. The Morgan fingerprint density at radius 2 is 1.89 bits per heavy atom. The first-order chi connectivity index (χ1) is 7.86. The van der Waals surface area contributed by atoms with E-state index < -0.39 is 0 Å². The molecule has 19 heavy (non-hydrogen) atoms. The zero-order valence-electron chi connectivity index (χ0n) is 10.5. The van der Waals surface area contributed by atoms with Gasteiger partial charge in [-0.05, 0) is 6.66 Å². The third kappa shape index (κ3) is 3.45. The van der Waals surface area contributed by atoms with Crippen molar-refractivity contribution in [3.8, 4) is 0 Å². The fourth-order valence-electron chi connectivity index (χ4n) is 2.18. The summed E-state index contributed by atoms with van der Waals surface area (Å²) in [5, 5.41) is 5.64. The molecular weight excluding hydrogens is 297 g/mol. The molecule has 1 unspecified atom stereocenters. The second kappa shape index (κ2) is 7.80. The third-order valence-electron chi connectivity index (χ3n) is 3.06. The predicted octanol–water partition coefficient (Wildman–Crippen LogP) is -2.05. The van der Waals surface area contributed by atoms with Crippen LogP contribution >= 0.6 is 7.92 Å². The van der Waals surface area contributed by atoms with Crippen LogP contribution in [0, 0.1) is 6.08 Å². The Labute approximate surface area is 128 Å². The molecular formula is C15H13F2PTi. The molecule has 3 rings (SSSR count). The molecule has 0 bridgehead atoms. The normalized spacial score (nSPS) is 14.1. The number of halogens is 2. The molecule has 0 saturated carbocycles. The number of fused-ring (bicyclic) bond motifs is 1. The summed E-state index contributed by atoms with van der Waals surface area (Å²) in [6, 6.07) is 13.1. The van der Waals surface area contributed by atoms with Gasteiger partial charge in [0.15, 0.2) is 0 Å². The maximum Gasteiger partial charge on any atom is 4.00 e. The van der Waals surface area contributed by atoms with Gasteiger partial charge in [0.2, 0.25) is 0 Å². The first-order valence-corrected chi connectivity index (χ1v) is 7.31. The number of hydrogen-bond acceptors (Lipinski definition) is 0. The van der Waals surface area contributed by atoms with E-state index in [-0.39, 0.29) is 39.0 Å². The quantitative estimate of drug-likeness (QED) is 0.340. The van der Waals surface area contributed by atoms with E-state index in [1.807, 2.05) is 0 Å². The summed E-state index contributed by atoms with van der Waals surface area (Å²) in [6.07, 6.45) is 8.85. The monoisotopic (exact) mass is 310 g/mol. The summed E-state index contributed by atoms with van der Waals surface area (Å²) in [6.45, 7) is 2.33. The van der Waals surface area contributed by atoms with Gasteiger partial charge in [-0.2, -0.15) is 12.1 Å². The van der Waals surface area contributed by atoms with Gasteiger partial charge in [0, 0.05) is 0 Å². The van der Waals surface area contributed by atoms with E-state index in [0.29, 0.717) is 0 Å². The van der Waals surface area contributed by atoms with Gasteiger partial charge in [-0.15, -0.1) is 54.7 Å². The van der Waals surface area contributed by atoms with Gasteiger partial charge in [-0.3, -0.25) is 6.08 Å². The first kappa shape index (κ1) is 18.3. The molecule has 96 valence electrons. The van der Waals surface area contributed by atoms with E-state index in [4.69, 9.17) is 0 Å². The molecule has 0 fully saturated rings. The zero-order valence-corrected chi connectivity index (χ0v) is 13.0. The molecule has 4 heteroatoms. The van der Waals surface area contributed by atoms with Crippen molar-refractivity contribution < 1.29 is 31.1 Å². The number of rotatable bonds is 2. The summed E-state index contributed by atoms with van der Waals surface area (Å²) < 4.78 is 0. The van der Waals surface area contributed by atoms with Crippen LogP contribution in [0.1, 0.15) is 6.42 Å². The number of benzene rings is 1. The van der Waals surface area contributed by atoms with E-state index in [1.165, 1.54) is 21.4 Å². The van der Waals surface area contributed by atoms with Crippen molar-refractivity contribution in [2.75, 3.05) is 6.66 Å². The molecule has 1 aliphatic carbocycles. The van der Waals surface area contributed by atoms with Crippen LogP contribution in [-0.2, 0) is 21.7 Å². The smallest absolute Gasteiger partial charge is 1.00 e. The molecule has 2 aromatic rings. The largest absolute Gasteiger partial charge is 4.00 e. The van der Waals surface area contributed by atoms with Crippen molar-refractivity contribution in [3.05, 3.63) is 59.9 Å². The molecule has 0 heterocycles. The average Bonchev–Trinajstić information content (AvgIpc) is 2.98. The van der Waals surface area contributed by atoms with Gasteiger partial charge in [-0.1, -0.05) is 6.07 Å². The van der Waals surface area contributed by atoms with E-state index in [9.17, 15) is 0 Å². The molecule has 2 aromatic carbocycles. The molecule has 0 spiro atoms. The summed E-state index contributed by atoms with van der Waals surface area (Å²) in [5.74, 6) is 0. The fourth-order valence-corrected chi connectivity index (χ4v) is 3.96. The van der Waals surface area contributed by atoms with Crippen LogP contribution in [0.15, 0.2) is 53.9 Å². The number of allylic oxidation sites excluding steroid dienone is 4. The van der Waals surface area contributed by atoms with Crippen LogP contribution in [-0.4, -0.2) is 6.66 Å². The molecule has 1 atom stereocenters. The van der Waals surface area contributed by atoms with E-state index in [1.54, 1.807) is 0 Å². The molecule has 0 amide bonds. The van der Waals surface area contributed by atoms with E-state index >= 15 is 0 Å². The fraction of sp³-hybridized carbons (Fsp3) is 0.133. The SMILES string of the molecule is CP(C1=[C-]CC=C1)[c-]1ccc2ccccc21.[F-].[F-].[Ti+4]. The van der Waals surface area contributed by atoms with Crippen LogP contribution in [0.2, 0.25) is 0 Å². The summed E-state index contributed by atoms with van der Waals surface area (Å²) in [5.41, 5.74) is 0. The summed E-state index contributed by atoms with van der Waals surface area (Å²) in [4.78, 5) is 0. The van der Waals surface area contributed by atoms with Crippen molar-refractivity contribution in [1.29, 1.82) is 0 Å². The van der Waals surface area contributed by atoms with E-state index in [0.717, 1.165) is 6.42 Å². The van der Waals surface area contributed by atoms with Gasteiger partial charge in [0.05, 0.1) is 0 Å². The molecule has 0 N–H and O–H groups in total. The third-order valence-corrected chi connectivity index (χ3v) is 5.20. The Balaban J connectivity index is 0.00000108. The van der Waals surface area contributed by atoms with Crippen molar-refractivity contribution in [1.82, 2.24) is 0 Å². The summed E-state index contributed by atoms with van der Waals surface area (Å²) in [7, 11) is -0.221. The van der Waals surface area contributed by atoms with Crippen molar-refractivity contribution in [3.63, 3.8) is 0 Å². The van der Waals surface area contributed by atoms with Gasteiger partial charge in [0.25, 0.3) is 0 Å². The standard InChI is InChI=1S/C15H13P.2FH.Ti/c1-16(13-7-3-4-8-13)15-11-10-12-6-2-5-9-14(12)15;;;/h2-3,5-7,9-11H,4H2,1H3;2*1H;/q-2;;;+4/p-2. The predicted molar refractivity (Wildman–Crippen MR) is 72.5 cm³/mol. The molecule has 0 saturated heterocycles. The Kier molecular flexibility index (Phi) is 7.51. The Hall–Kier alpha value is -0.686. The minimum absolute atomic E-state index is 0. The van der Waals surface area contributed by atoms with Crippen molar-refractivity contribution in [2.24, 2.45) is 0 Å². The average molecular weight is 310 g/mol. The second-order valence-corrected chi connectivity index (χ2v) is 6.11. The first-order valence-electron chi connectivity index (χ1n) is 5.52. The number of hydrogen-bond donors (Lipinski definition) is 0. The minimum Gasteiger partial charge on any atom is -1.00 e. The topological polar surface area (TPSA) is 0 Å². The van der Waals surface area contributed by atoms with Gasteiger partial charge in [0.1, 0.15) is 0 Å². The summed E-state index contributed by atoms with van der Waals surface area (Å²) >= 11 is 0. The Morgan fingerprint density at radius 3 is 2.58 bits per heavy atom. The van der Waals surface area contributed by atoms with Crippen molar-refractivity contribution in [2.45, 2.75) is 6.42 Å². The van der Waals surface area contributed by atoms with Crippen LogP contribution in [0.5, 0.6) is 0 Å². The van der Waals surface area contributed by atoms with Gasteiger partial charge < -0.3 is 9.41 Å². The Morgan fingerprint density at radius 1 is 1.16 bits per heavy atom. The van der Waals surface area contributed by atoms with Crippen molar-refractivity contribution >= 4 is 24.0 Å². The molecule has 0 aromatic heterocycles. The Bertz CT molecular complexity index is 587. The maximum absolute atomic E-state index is 3.44. The van der Waals surface area contributed by atoms with E-state index in [2.05, 4.69) is 61.3 Å². The second-order valence-electron chi connectivity index (χ2n) is 4.03. The molecule has 0 nitrogen and oxygen atoms in total. The van der Waals surface area contributed by atoms with Crippen LogP contribution < -0.4 is 14.7 Å². The minimum atomic E-state index is -0.221. The van der Waals surface area contributed by atoms with Crippen LogP contribution in [0.4, 0.5) is 0 Å².